The molecule has 0 N–H and O–H groups in total. The molecule has 0 spiro atoms. The van der Waals surface area contributed by atoms with Crippen molar-refractivity contribution in [2.45, 2.75) is 19.9 Å². The van der Waals surface area contributed by atoms with E-state index in [9.17, 15) is 9.59 Å². The van der Waals surface area contributed by atoms with Gasteiger partial charge in [-0.2, -0.15) is 4.99 Å². The van der Waals surface area contributed by atoms with Gasteiger partial charge in [0.2, 0.25) is 6.79 Å². The Hall–Kier alpha value is -3.33. The van der Waals surface area contributed by atoms with Crippen LogP contribution in [-0.2, 0) is 20.9 Å². The lowest BCUT2D eigenvalue weighted by Gasteiger charge is -2.06. The monoisotopic (exact) mass is 428 g/mol. The molecule has 0 saturated carbocycles. The Kier molecular flexibility index (Phi) is 5.99. The first kappa shape index (κ1) is 20.0. The van der Waals surface area contributed by atoms with Crippen molar-refractivity contribution in [1.82, 2.24) is 4.57 Å². The van der Waals surface area contributed by atoms with Crippen LogP contribution in [0.1, 0.15) is 13.3 Å². The van der Waals surface area contributed by atoms with E-state index in [1.807, 2.05) is 36.4 Å². The number of aromatic nitrogens is 1. The fourth-order valence-electron chi connectivity index (χ4n) is 2.97. The summed E-state index contributed by atoms with van der Waals surface area (Å²) < 4.78 is 24.0. The minimum Gasteiger partial charge on any atom is -0.493 e. The summed E-state index contributed by atoms with van der Waals surface area (Å²) in [6, 6.07) is 12.9. The molecule has 0 unspecified atom stereocenters. The number of para-hydroxylation sites is 1. The van der Waals surface area contributed by atoms with Crippen molar-refractivity contribution < 1.29 is 28.5 Å². The third kappa shape index (κ3) is 4.46. The molecule has 4 rings (SSSR count). The topological polar surface area (TPSA) is 88.4 Å². The molecule has 1 aliphatic heterocycles. The van der Waals surface area contributed by atoms with Gasteiger partial charge in [0.1, 0.15) is 12.3 Å². The molecule has 0 atom stereocenters. The summed E-state index contributed by atoms with van der Waals surface area (Å²) in [5.41, 5.74) is 0.726. The smallest absolute Gasteiger partial charge is 0.326 e. The number of esters is 1. The molecule has 2 heterocycles. The standard InChI is InChI=1S/C21H20N2O6S/c1-2-26-20(25)12-23-15-10-16-17(29-13-28-16)11-18(15)30-21(23)22-19(24)8-9-27-14-6-4-3-5-7-14/h3-7,10-11H,2,8-9,12-13H2,1H3. The van der Waals surface area contributed by atoms with E-state index in [0.717, 1.165) is 10.2 Å². The number of hydrogen-bond acceptors (Lipinski definition) is 7. The van der Waals surface area contributed by atoms with Crippen molar-refractivity contribution in [3.8, 4) is 17.2 Å². The molecule has 0 fully saturated rings. The van der Waals surface area contributed by atoms with Crippen LogP contribution < -0.4 is 19.0 Å². The van der Waals surface area contributed by atoms with E-state index in [0.29, 0.717) is 22.0 Å². The minimum atomic E-state index is -0.406. The number of carbonyl (C=O) groups excluding carboxylic acids is 2. The molecule has 1 aliphatic rings. The molecule has 0 radical (unpaired) electrons. The lowest BCUT2D eigenvalue weighted by atomic mass is 10.3. The number of hydrogen-bond donors (Lipinski definition) is 0. The molecule has 0 aliphatic carbocycles. The molecule has 2 aromatic carbocycles. The van der Waals surface area contributed by atoms with Gasteiger partial charge in [0, 0.05) is 12.1 Å². The summed E-state index contributed by atoms with van der Waals surface area (Å²) >= 11 is 1.30. The maximum absolute atomic E-state index is 12.4. The minimum absolute atomic E-state index is 0.0554. The molecule has 1 amide bonds. The Morgan fingerprint density at radius 1 is 1.17 bits per heavy atom. The Morgan fingerprint density at radius 3 is 2.70 bits per heavy atom. The van der Waals surface area contributed by atoms with Gasteiger partial charge in [0.25, 0.3) is 5.91 Å². The van der Waals surface area contributed by atoms with Crippen LogP contribution in [0.15, 0.2) is 47.5 Å². The van der Waals surface area contributed by atoms with Gasteiger partial charge in [-0.3, -0.25) is 9.59 Å². The summed E-state index contributed by atoms with van der Waals surface area (Å²) in [7, 11) is 0. The van der Waals surface area contributed by atoms with Crippen molar-refractivity contribution in [3.05, 3.63) is 47.3 Å². The van der Waals surface area contributed by atoms with E-state index in [1.165, 1.54) is 11.3 Å². The van der Waals surface area contributed by atoms with Crippen LogP contribution in [0.2, 0.25) is 0 Å². The third-order valence-electron chi connectivity index (χ3n) is 4.32. The van der Waals surface area contributed by atoms with Crippen LogP contribution in [0.3, 0.4) is 0 Å². The Bertz CT molecular complexity index is 1140. The average Bonchev–Trinajstić information content (AvgIpc) is 3.31. The summed E-state index contributed by atoms with van der Waals surface area (Å²) in [4.78, 5) is 29.2. The fraction of sp³-hybridized carbons (Fsp3) is 0.286. The number of fused-ring (bicyclic) bond motifs is 2. The molecule has 1 aromatic heterocycles. The van der Waals surface area contributed by atoms with Crippen LogP contribution >= 0.6 is 11.3 Å². The van der Waals surface area contributed by atoms with Crippen molar-refractivity contribution in [2.24, 2.45) is 4.99 Å². The van der Waals surface area contributed by atoms with Crippen LogP contribution in [-0.4, -0.2) is 36.5 Å². The molecular formula is C21H20N2O6S. The second kappa shape index (κ2) is 9.00. The number of thiazole rings is 1. The van der Waals surface area contributed by atoms with E-state index in [2.05, 4.69) is 4.99 Å². The number of nitrogens with zero attached hydrogens (tertiary/aromatic N) is 2. The van der Waals surface area contributed by atoms with Gasteiger partial charge in [-0.15, -0.1) is 0 Å². The van der Waals surface area contributed by atoms with Gasteiger partial charge in [-0.1, -0.05) is 29.5 Å². The Balaban J connectivity index is 1.59. The molecule has 8 nitrogen and oxygen atoms in total. The first-order valence-corrected chi connectivity index (χ1v) is 10.3. The van der Waals surface area contributed by atoms with Gasteiger partial charge in [0.05, 0.1) is 29.9 Å². The zero-order chi connectivity index (χ0) is 20.9. The molecule has 0 bridgehead atoms. The molecule has 0 saturated heterocycles. The maximum Gasteiger partial charge on any atom is 0.326 e. The summed E-state index contributed by atoms with van der Waals surface area (Å²) in [5.74, 6) is 1.17. The SMILES string of the molecule is CCOC(=O)Cn1c(=NC(=O)CCOc2ccccc2)sc2cc3c(cc21)OCO3. The first-order chi connectivity index (χ1) is 14.6. The van der Waals surface area contributed by atoms with Gasteiger partial charge in [-0.25, -0.2) is 0 Å². The summed E-state index contributed by atoms with van der Waals surface area (Å²) in [5, 5.41) is 0. The number of rotatable bonds is 7. The number of benzene rings is 2. The second-order valence-corrected chi connectivity index (χ2v) is 7.38. The quantitative estimate of drug-likeness (QED) is 0.538. The Labute approximate surface area is 176 Å². The molecule has 156 valence electrons. The predicted octanol–water partition coefficient (Wildman–Crippen LogP) is 2.89. The highest BCUT2D eigenvalue weighted by Gasteiger charge is 2.19. The van der Waals surface area contributed by atoms with Crippen LogP contribution in [0.25, 0.3) is 10.2 Å². The summed E-state index contributed by atoms with van der Waals surface area (Å²) in [6.45, 7) is 2.33. The van der Waals surface area contributed by atoms with E-state index in [-0.39, 0.29) is 38.9 Å². The van der Waals surface area contributed by atoms with Crippen molar-refractivity contribution >= 4 is 33.4 Å². The second-order valence-electron chi connectivity index (χ2n) is 6.37. The largest absolute Gasteiger partial charge is 0.493 e. The van der Waals surface area contributed by atoms with E-state index >= 15 is 0 Å². The molecule has 3 aromatic rings. The van der Waals surface area contributed by atoms with Crippen LogP contribution in [0, 0.1) is 0 Å². The maximum atomic E-state index is 12.4. The highest BCUT2D eigenvalue weighted by Crippen LogP contribution is 2.37. The van der Waals surface area contributed by atoms with Crippen molar-refractivity contribution in [3.63, 3.8) is 0 Å². The van der Waals surface area contributed by atoms with Crippen molar-refractivity contribution in [1.29, 1.82) is 0 Å². The van der Waals surface area contributed by atoms with E-state index in [4.69, 9.17) is 18.9 Å². The molecular weight excluding hydrogens is 408 g/mol. The highest BCUT2D eigenvalue weighted by atomic mass is 32.1. The van der Waals surface area contributed by atoms with E-state index < -0.39 is 5.97 Å². The first-order valence-electron chi connectivity index (χ1n) is 9.48. The fourth-order valence-corrected chi connectivity index (χ4v) is 4.03. The number of amides is 1. The lowest BCUT2D eigenvalue weighted by molar-refractivity contribution is -0.143. The normalized spacial score (nSPS) is 12.9. The lowest BCUT2D eigenvalue weighted by Crippen LogP contribution is -2.23. The Morgan fingerprint density at radius 2 is 1.93 bits per heavy atom. The third-order valence-corrected chi connectivity index (χ3v) is 5.36. The summed E-state index contributed by atoms with van der Waals surface area (Å²) in [6.07, 6.45) is 0.116. The van der Waals surface area contributed by atoms with Gasteiger partial charge >= 0.3 is 5.97 Å². The zero-order valence-corrected chi connectivity index (χ0v) is 17.1. The van der Waals surface area contributed by atoms with Crippen LogP contribution in [0.4, 0.5) is 0 Å². The van der Waals surface area contributed by atoms with Gasteiger partial charge in [0.15, 0.2) is 16.3 Å². The highest BCUT2D eigenvalue weighted by molar-refractivity contribution is 7.16. The average molecular weight is 428 g/mol. The van der Waals surface area contributed by atoms with Gasteiger partial charge in [-0.05, 0) is 19.1 Å². The molecule has 30 heavy (non-hydrogen) atoms. The van der Waals surface area contributed by atoms with Crippen LogP contribution in [0.5, 0.6) is 17.2 Å². The number of ether oxygens (including phenoxy) is 4. The zero-order valence-electron chi connectivity index (χ0n) is 16.3. The molecule has 9 heteroatoms. The number of carbonyl (C=O) groups is 2. The predicted molar refractivity (Wildman–Crippen MR) is 110 cm³/mol. The van der Waals surface area contributed by atoms with Gasteiger partial charge < -0.3 is 23.5 Å². The van der Waals surface area contributed by atoms with Crippen molar-refractivity contribution in [2.75, 3.05) is 20.0 Å². The van der Waals surface area contributed by atoms with E-state index in [1.54, 1.807) is 17.6 Å².